The smallest absolute Gasteiger partial charge is 0.277 e. The van der Waals surface area contributed by atoms with Crippen molar-refractivity contribution < 1.29 is 19.0 Å². The first-order valence-corrected chi connectivity index (χ1v) is 10.8. The van der Waals surface area contributed by atoms with Crippen molar-refractivity contribution in [3.63, 3.8) is 0 Å². The number of aliphatic imine (C=N–C) groups is 1. The van der Waals surface area contributed by atoms with E-state index in [1.165, 1.54) is 17.0 Å². The molecule has 0 aliphatic carbocycles. The van der Waals surface area contributed by atoms with Gasteiger partial charge in [0.25, 0.3) is 5.91 Å². The average Bonchev–Trinajstić information content (AvgIpc) is 3.40. The monoisotopic (exact) mass is 463 g/mol. The number of carbonyl (C=O) groups is 1. The Morgan fingerprint density at radius 1 is 1.26 bits per heavy atom. The molecule has 0 saturated carbocycles. The van der Waals surface area contributed by atoms with E-state index in [-0.39, 0.29) is 24.9 Å². The van der Waals surface area contributed by atoms with E-state index < -0.39 is 6.04 Å². The van der Waals surface area contributed by atoms with Crippen LogP contribution in [0.5, 0.6) is 5.75 Å². The van der Waals surface area contributed by atoms with Crippen molar-refractivity contribution in [2.45, 2.75) is 19.9 Å². The molecule has 9 heteroatoms. The third-order valence-electron chi connectivity index (χ3n) is 5.53. The molecular weight excluding hydrogens is 437 g/mol. The second-order valence-corrected chi connectivity index (χ2v) is 7.87. The Kier molecular flexibility index (Phi) is 6.74. The number of hydrogen-bond donors (Lipinski definition) is 2. The first kappa shape index (κ1) is 23.2. The van der Waals surface area contributed by atoms with Gasteiger partial charge in [0.1, 0.15) is 17.3 Å². The molecule has 1 amide bonds. The van der Waals surface area contributed by atoms with E-state index in [1.54, 1.807) is 31.6 Å². The fourth-order valence-corrected chi connectivity index (χ4v) is 3.80. The van der Waals surface area contributed by atoms with E-state index in [1.807, 2.05) is 42.8 Å². The molecular formula is C25H26FN5O3. The Balaban J connectivity index is 1.66. The minimum atomic E-state index is -0.398. The molecule has 34 heavy (non-hydrogen) atoms. The van der Waals surface area contributed by atoms with Gasteiger partial charge in [0, 0.05) is 6.20 Å². The number of aliphatic hydroxyl groups is 1. The van der Waals surface area contributed by atoms with Gasteiger partial charge in [-0.3, -0.25) is 14.7 Å². The van der Waals surface area contributed by atoms with Gasteiger partial charge < -0.3 is 19.7 Å². The van der Waals surface area contributed by atoms with Gasteiger partial charge in [0.05, 0.1) is 44.0 Å². The molecule has 3 aromatic rings. The number of rotatable bonds is 7. The molecule has 1 aromatic heterocycles. The summed E-state index contributed by atoms with van der Waals surface area (Å²) >= 11 is 0. The summed E-state index contributed by atoms with van der Waals surface area (Å²) in [5.41, 5.74) is 3.56. The molecule has 1 fully saturated rings. The first-order chi connectivity index (χ1) is 16.4. The van der Waals surface area contributed by atoms with E-state index in [0.717, 1.165) is 22.5 Å². The van der Waals surface area contributed by atoms with Crippen LogP contribution in [0.15, 0.2) is 65.7 Å². The van der Waals surface area contributed by atoms with Gasteiger partial charge in [-0.25, -0.2) is 9.37 Å². The fraction of sp³-hybridized carbons (Fsp3) is 0.240. The number of hydrogen-bond acceptors (Lipinski definition) is 5. The van der Waals surface area contributed by atoms with Gasteiger partial charge in [-0.15, -0.1) is 0 Å². The summed E-state index contributed by atoms with van der Waals surface area (Å²) in [6.07, 6.45) is 5.34. The van der Waals surface area contributed by atoms with E-state index in [0.29, 0.717) is 17.4 Å². The molecule has 1 saturated heterocycles. The number of aromatic nitrogens is 2. The predicted octanol–water partition coefficient (Wildman–Crippen LogP) is 3.21. The number of aliphatic hydroxyl groups excluding tert-OH is 1. The van der Waals surface area contributed by atoms with Crippen molar-refractivity contribution in [1.29, 1.82) is 0 Å². The molecule has 1 aliphatic rings. The molecule has 4 rings (SSSR count). The van der Waals surface area contributed by atoms with Crippen LogP contribution in [0.4, 0.5) is 4.39 Å². The summed E-state index contributed by atoms with van der Waals surface area (Å²) in [6, 6.07) is 11.2. The SMILES string of the molecule is COc1cc(C=C2NC(=NCCO)N([C@H](C)c3ccc(F)cc3)C2=O)ccc1-n1cnc(C)c1. The minimum absolute atomic E-state index is 0.141. The number of nitrogens with zero attached hydrogens (tertiary/aromatic N) is 4. The lowest BCUT2D eigenvalue weighted by molar-refractivity contribution is -0.123. The number of halogens is 1. The highest BCUT2D eigenvalue weighted by atomic mass is 19.1. The zero-order valence-electron chi connectivity index (χ0n) is 19.2. The molecule has 2 N–H and O–H groups in total. The topological polar surface area (TPSA) is 92.0 Å². The molecule has 2 heterocycles. The van der Waals surface area contributed by atoms with Crippen LogP contribution in [0.2, 0.25) is 0 Å². The summed E-state index contributed by atoms with van der Waals surface area (Å²) in [7, 11) is 1.59. The Labute approximate surface area is 197 Å². The Morgan fingerprint density at radius 2 is 2.03 bits per heavy atom. The molecule has 1 atom stereocenters. The summed E-state index contributed by atoms with van der Waals surface area (Å²) in [6.45, 7) is 3.74. The number of imidazole rings is 1. The third kappa shape index (κ3) is 4.69. The van der Waals surface area contributed by atoms with E-state index in [2.05, 4.69) is 15.3 Å². The van der Waals surface area contributed by atoms with Crippen molar-refractivity contribution in [2.75, 3.05) is 20.3 Å². The second-order valence-electron chi connectivity index (χ2n) is 7.87. The molecule has 0 bridgehead atoms. The number of carbonyl (C=O) groups excluding carboxylic acids is 1. The van der Waals surface area contributed by atoms with Crippen LogP contribution in [0.3, 0.4) is 0 Å². The Morgan fingerprint density at radius 3 is 2.68 bits per heavy atom. The predicted molar refractivity (Wildman–Crippen MR) is 127 cm³/mol. The van der Waals surface area contributed by atoms with Crippen molar-refractivity contribution in [3.05, 3.63) is 83.3 Å². The summed E-state index contributed by atoms with van der Waals surface area (Å²) in [4.78, 5) is 23.4. The van der Waals surface area contributed by atoms with Crippen LogP contribution in [0.1, 0.15) is 29.8 Å². The average molecular weight is 464 g/mol. The number of nitrogens with one attached hydrogen (secondary N) is 1. The largest absolute Gasteiger partial charge is 0.495 e. The number of aryl methyl sites for hydroxylation is 1. The fourth-order valence-electron chi connectivity index (χ4n) is 3.80. The van der Waals surface area contributed by atoms with Crippen molar-refractivity contribution >= 4 is 17.9 Å². The minimum Gasteiger partial charge on any atom is -0.495 e. The molecule has 1 aliphatic heterocycles. The van der Waals surface area contributed by atoms with Gasteiger partial charge in [-0.1, -0.05) is 18.2 Å². The van der Waals surface area contributed by atoms with Crippen LogP contribution in [0, 0.1) is 12.7 Å². The van der Waals surface area contributed by atoms with Crippen LogP contribution in [-0.2, 0) is 4.79 Å². The van der Waals surface area contributed by atoms with Gasteiger partial charge >= 0.3 is 0 Å². The number of ether oxygens (including phenoxy) is 1. The number of amides is 1. The van der Waals surface area contributed by atoms with Gasteiger partial charge in [0.2, 0.25) is 5.96 Å². The van der Waals surface area contributed by atoms with Crippen LogP contribution < -0.4 is 10.1 Å². The summed E-state index contributed by atoms with van der Waals surface area (Å²) in [5, 5.41) is 12.3. The number of guanidine groups is 1. The van der Waals surface area contributed by atoms with Crippen LogP contribution in [-0.4, -0.2) is 51.7 Å². The zero-order valence-corrected chi connectivity index (χ0v) is 19.2. The highest BCUT2D eigenvalue weighted by Gasteiger charge is 2.36. The Bertz CT molecular complexity index is 1250. The summed E-state index contributed by atoms with van der Waals surface area (Å²) in [5.74, 6) is 0.337. The maximum atomic E-state index is 13.4. The number of methoxy groups -OCH3 is 1. The van der Waals surface area contributed by atoms with Gasteiger partial charge in [-0.2, -0.15) is 0 Å². The lowest BCUT2D eigenvalue weighted by atomic mass is 10.1. The Hall–Kier alpha value is -3.98. The standard InChI is InChI=1S/C25H26FN5O3/c1-16-14-30(15-28-16)22-9-4-18(13-23(22)34-3)12-21-24(33)31(25(29-21)27-10-11-32)17(2)19-5-7-20(26)8-6-19/h4-9,12-15,17,32H,10-11H2,1-3H3,(H,27,29)/t17-/m1/s1. The quantitative estimate of drug-likeness (QED) is 0.525. The maximum Gasteiger partial charge on any atom is 0.277 e. The van der Waals surface area contributed by atoms with Crippen molar-refractivity contribution in [1.82, 2.24) is 19.8 Å². The third-order valence-corrected chi connectivity index (χ3v) is 5.53. The van der Waals surface area contributed by atoms with Crippen molar-refractivity contribution in [3.8, 4) is 11.4 Å². The summed E-state index contributed by atoms with van der Waals surface area (Å²) < 4.78 is 20.8. The molecule has 0 unspecified atom stereocenters. The second kappa shape index (κ2) is 9.88. The molecule has 0 radical (unpaired) electrons. The van der Waals surface area contributed by atoms with Gasteiger partial charge in [-0.05, 0) is 55.3 Å². The van der Waals surface area contributed by atoms with Crippen LogP contribution >= 0.6 is 0 Å². The van der Waals surface area contributed by atoms with Gasteiger partial charge in [0.15, 0.2) is 0 Å². The van der Waals surface area contributed by atoms with Crippen molar-refractivity contribution in [2.24, 2.45) is 4.99 Å². The number of benzene rings is 2. The lowest BCUT2D eigenvalue weighted by Gasteiger charge is -2.23. The highest BCUT2D eigenvalue weighted by molar-refractivity contribution is 6.15. The molecule has 0 spiro atoms. The normalized spacial score (nSPS) is 16.9. The molecule has 176 valence electrons. The lowest BCUT2D eigenvalue weighted by Crippen LogP contribution is -2.35. The van der Waals surface area contributed by atoms with E-state index >= 15 is 0 Å². The highest BCUT2D eigenvalue weighted by Crippen LogP contribution is 2.29. The maximum absolute atomic E-state index is 13.4. The van der Waals surface area contributed by atoms with Crippen LogP contribution in [0.25, 0.3) is 11.8 Å². The molecule has 2 aromatic carbocycles. The van der Waals surface area contributed by atoms with E-state index in [4.69, 9.17) is 4.74 Å². The molecule has 8 nitrogen and oxygen atoms in total. The van der Waals surface area contributed by atoms with E-state index in [9.17, 15) is 14.3 Å². The zero-order chi connectivity index (χ0) is 24.2. The first-order valence-electron chi connectivity index (χ1n) is 10.8.